The van der Waals surface area contributed by atoms with Crippen LogP contribution in [0.2, 0.25) is 0 Å². The van der Waals surface area contributed by atoms with Crippen molar-refractivity contribution in [2.24, 2.45) is 0 Å². The van der Waals surface area contributed by atoms with Gasteiger partial charge in [-0.25, -0.2) is 4.79 Å². The van der Waals surface area contributed by atoms with E-state index in [-0.39, 0.29) is 0 Å². The lowest BCUT2D eigenvalue weighted by atomic mass is 10.2. The quantitative estimate of drug-likeness (QED) is 0.830. The van der Waals surface area contributed by atoms with E-state index >= 15 is 0 Å². The largest absolute Gasteiger partial charge is 0.417 e. The van der Waals surface area contributed by atoms with E-state index in [0.717, 1.165) is 30.7 Å². The molecule has 0 aliphatic heterocycles. The molecule has 2 aromatic rings. The number of nitrogens with one attached hydrogen (secondary N) is 2. The van der Waals surface area contributed by atoms with Crippen LogP contribution in [0.1, 0.15) is 19.4 Å². The Morgan fingerprint density at radius 3 is 2.95 bits per heavy atom. The number of likely N-dealkylation sites (N-methyl/N-ethyl adjacent to an activating group) is 1. The van der Waals surface area contributed by atoms with Gasteiger partial charge in [-0.05, 0) is 24.7 Å². The maximum atomic E-state index is 11.1. The van der Waals surface area contributed by atoms with Gasteiger partial charge in [0.05, 0.1) is 5.52 Å². The van der Waals surface area contributed by atoms with Crippen LogP contribution in [0, 0.1) is 0 Å². The molecule has 0 radical (unpaired) electrons. The molecule has 5 heteroatoms. The van der Waals surface area contributed by atoms with E-state index in [1.165, 1.54) is 0 Å². The summed E-state index contributed by atoms with van der Waals surface area (Å²) in [6, 6.07) is 6.33. The Hall–Kier alpha value is -1.59. The van der Waals surface area contributed by atoms with Crippen molar-refractivity contribution in [2.45, 2.75) is 26.4 Å². The summed E-state index contributed by atoms with van der Waals surface area (Å²) in [6.07, 6.45) is 0. The molecule has 0 fully saturated rings. The van der Waals surface area contributed by atoms with Crippen molar-refractivity contribution in [1.29, 1.82) is 0 Å². The van der Waals surface area contributed by atoms with Crippen molar-refractivity contribution in [3.63, 3.8) is 0 Å². The number of rotatable bonds is 6. The third kappa shape index (κ3) is 3.94. The summed E-state index contributed by atoms with van der Waals surface area (Å²) < 4.78 is 5.06. The highest BCUT2D eigenvalue weighted by atomic mass is 16.4. The minimum Gasteiger partial charge on any atom is -0.408 e. The number of oxazole rings is 1. The second-order valence-corrected chi connectivity index (χ2v) is 5.19. The van der Waals surface area contributed by atoms with E-state index in [1.807, 2.05) is 18.2 Å². The lowest BCUT2D eigenvalue weighted by Crippen LogP contribution is -2.32. The summed E-state index contributed by atoms with van der Waals surface area (Å²) in [5.74, 6) is -0.401. The van der Waals surface area contributed by atoms with Gasteiger partial charge in [0.25, 0.3) is 0 Å². The highest BCUT2D eigenvalue weighted by molar-refractivity contribution is 5.72. The van der Waals surface area contributed by atoms with E-state index in [1.54, 1.807) is 0 Å². The highest BCUT2D eigenvalue weighted by Crippen LogP contribution is 2.13. The average molecular weight is 263 g/mol. The molecule has 1 aromatic heterocycles. The molecule has 0 saturated heterocycles. The third-order valence-electron chi connectivity index (χ3n) is 2.98. The first-order valence-corrected chi connectivity index (χ1v) is 6.58. The van der Waals surface area contributed by atoms with Gasteiger partial charge in [-0.15, -0.1) is 0 Å². The fraction of sp³-hybridized carbons (Fsp3) is 0.500. The number of aromatic amines is 1. The van der Waals surface area contributed by atoms with Gasteiger partial charge in [-0.2, -0.15) is 0 Å². The number of fused-ring (bicyclic) bond motifs is 1. The van der Waals surface area contributed by atoms with Crippen LogP contribution in [0.4, 0.5) is 0 Å². The van der Waals surface area contributed by atoms with Crippen molar-refractivity contribution in [3.8, 4) is 0 Å². The standard InChI is InChI=1S/C14H21N3O2/c1-10(2)15-6-7-17(3)9-11-4-5-12-13(8-11)19-14(18)16-12/h4-5,8,10,15H,6-7,9H2,1-3H3,(H,16,18). The van der Waals surface area contributed by atoms with Crippen molar-refractivity contribution in [1.82, 2.24) is 15.2 Å². The molecule has 0 bridgehead atoms. The zero-order chi connectivity index (χ0) is 13.8. The van der Waals surface area contributed by atoms with E-state index < -0.39 is 5.76 Å². The van der Waals surface area contributed by atoms with Gasteiger partial charge in [0.1, 0.15) is 0 Å². The predicted octanol–water partition coefficient (Wildman–Crippen LogP) is 1.55. The Balaban J connectivity index is 1.94. The summed E-state index contributed by atoms with van der Waals surface area (Å²) in [5, 5.41) is 3.39. The summed E-state index contributed by atoms with van der Waals surface area (Å²) in [6.45, 7) is 7.07. The average Bonchev–Trinajstić information content (AvgIpc) is 2.67. The highest BCUT2D eigenvalue weighted by Gasteiger charge is 2.05. The first-order chi connectivity index (χ1) is 9.04. The van der Waals surface area contributed by atoms with Crippen LogP contribution >= 0.6 is 0 Å². The van der Waals surface area contributed by atoms with Gasteiger partial charge in [0.15, 0.2) is 5.58 Å². The molecule has 2 N–H and O–H groups in total. The Kier molecular flexibility index (Phi) is 4.39. The zero-order valence-corrected chi connectivity index (χ0v) is 11.7. The normalized spacial score (nSPS) is 11.8. The maximum absolute atomic E-state index is 11.1. The molecule has 2 rings (SSSR count). The van der Waals surface area contributed by atoms with Gasteiger partial charge >= 0.3 is 5.76 Å². The van der Waals surface area contributed by atoms with Crippen molar-refractivity contribution in [3.05, 3.63) is 34.3 Å². The van der Waals surface area contributed by atoms with Gasteiger partial charge in [-0.1, -0.05) is 19.9 Å². The Morgan fingerprint density at radius 2 is 2.21 bits per heavy atom. The van der Waals surface area contributed by atoms with E-state index in [9.17, 15) is 4.79 Å². The third-order valence-corrected chi connectivity index (χ3v) is 2.98. The number of H-pyrrole nitrogens is 1. The molecule has 0 atom stereocenters. The van der Waals surface area contributed by atoms with Crippen LogP contribution < -0.4 is 11.1 Å². The van der Waals surface area contributed by atoms with Gasteiger partial charge < -0.3 is 14.6 Å². The van der Waals surface area contributed by atoms with Crippen molar-refractivity contribution < 1.29 is 4.42 Å². The van der Waals surface area contributed by atoms with E-state index in [0.29, 0.717) is 11.6 Å². The van der Waals surface area contributed by atoms with Crippen LogP contribution in [0.5, 0.6) is 0 Å². The van der Waals surface area contributed by atoms with Crippen LogP contribution in [0.25, 0.3) is 11.1 Å². The molecule has 19 heavy (non-hydrogen) atoms. The summed E-state index contributed by atoms with van der Waals surface area (Å²) >= 11 is 0. The lowest BCUT2D eigenvalue weighted by Gasteiger charge is -2.18. The fourth-order valence-electron chi connectivity index (χ4n) is 2.02. The SMILES string of the molecule is CC(C)NCCN(C)Cc1ccc2[nH]c(=O)oc2c1. The Morgan fingerprint density at radius 1 is 1.42 bits per heavy atom. The van der Waals surface area contributed by atoms with Gasteiger partial charge in [0.2, 0.25) is 0 Å². The van der Waals surface area contributed by atoms with Crippen LogP contribution in [-0.2, 0) is 6.54 Å². The molecular formula is C14H21N3O2. The monoisotopic (exact) mass is 263 g/mol. The minimum absolute atomic E-state index is 0.401. The number of nitrogens with zero attached hydrogens (tertiary/aromatic N) is 1. The lowest BCUT2D eigenvalue weighted by molar-refractivity contribution is 0.320. The molecule has 5 nitrogen and oxygen atoms in total. The number of benzene rings is 1. The fourth-order valence-corrected chi connectivity index (χ4v) is 2.02. The molecule has 0 aliphatic carbocycles. The van der Waals surface area contributed by atoms with E-state index in [4.69, 9.17) is 4.42 Å². The molecule has 0 aliphatic rings. The molecule has 1 aromatic carbocycles. The zero-order valence-electron chi connectivity index (χ0n) is 11.7. The minimum atomic E-state index is -0.401. The summed E-state index contributed by atoms with van der Waals surface area (Å²) in [4.78, 5) is 16.0. The van der Waals surface area contributed by atoms with Gasteiger partial charge in [0, 0.05) is 25.7 Å². The second-order valence-electron chi connectivity index (χ2n) is 5.19. The molecule has 0 amide bonds. The summed E-state index contributed by atoms with van der Waals surface area (Å²) in [7, 11) is 2.08. The topological polar surface area (TPSA) is 61.3 Å². The summed E-state index contributed by atoms with van der Waals surface area (Å²) in [5.41, 5.74) is 2.51. The molecule has 0 saturated carbocycles. The number of hydrogen-bond donors (Lipinski definition) is 2. The molecule has 1 heterocycles. The number of aromatic nitrogens is 1. The van der Waals surface area contributed by atoms with Gasteiger partial charge in [-0.3, -0.25) is 4.98 Å². The molecular weight excluding hydrogens is 242 g/mol. The second kappa shape index (κ2) is 6.04. The first kappa shape index (κ1) is 13.8. The first-order valence-electron chi connectivity index (χ1n) is 6.58. The van der Waals surface area contributed by atoms with Crippen LogP contribution in [-0.4, -0.2) is 36.1 Å². The molecule has 104 valence electrons. The van der Waals surface area contributed by atoms with E-state index in [2.05, 4.69) is 36.1 Å². The molecule has 0 unspecified atom stereocenters. The van der Waals surface area contributed by atoms with Crippen LogP contribution in [0.3, 0.4) is 0 Å². The number of hydrogen-bond acceptors (Lipinski definition) is 4. The predicted molar refractivity (Wildman–Crippen MR) is 76.3 cm³/mol. The van der Waals surface area contributed by atoms with Crippen molar-refractivity contribution in [2.75, 3.05) is 20.1 Å². The maximum Gasteiger partial charge on any atom is 0.417 e. The van der Waals surface area contributed by atoms with Crippen molar-refractivity contribution >= 4 is 11.1 Å². The smallest absolute Gasteiger partial charge is 0.408 e. The Bertz CT molecular complexity index is 586. The Labute approximate surface area is 112 Å². The molecule has 0 spiro atoms. The van der Waals surface area contributed by atoms with Crippen LogP contribution in [0.15, 0.2) is 27.4 Å².